The van der Waals surface area contributed by atoms with Gasteiger partial charge in [-0.25, -0.2) is 4.68 Å². The normalized spacial score (nSPS) is 16.5. The number of pyridine rings is 1. The first-order valence-corrected chi connectivity index (χ1v) is 12.0. The third kappa shape index (κ3) is 4.16. The molecule has 0 radical (unpaired) electrons. The van der Waals surface area contributed by atoms with Gasteiger partial charge in [-0.3, -0.25) is 9.69 Å². The minimum atomic E-state index is -0.423. The van der Waals surface area contributed by atoms with Crippen molar-refractivity contribution in [1.29, 1.82) is 0 Å². The van der Waals surface area contributed by atoms with Crippen LogP contribution in [0.4, 0.5) is 5.69 Å². The molecule has 0 unspecified atom stereocenters. The summed E-state index contributed by atoms with van der Waals surface area (Å²) >= 11 is 0. The number of fused-ring (bicyclic) bond motifs is 2. The standard InChI is InChI=1S/C25H27N7O4/c1-34-12-11-32-24(27-28-29-32)23(31-9-7-30(8-10-31)18-5-3-2-4-6-18)19-13-17-14-21-22(36-16-35-21)15-20(17)26-25(19)33/h2-6,13-15,23H,7-12,16H2,1H3,(H,26,33)/t23-/m1/s1. The Kier molecular flexibility index (Phi) is 5.99. The Bertz CT molecular complexity index is 1410. The molecule has 0 amide bonds. The van der Waals surface area contributed by atoms with Crippen LogP contribution in [-0.2, 0) is 11.3 Å². The fraction of sp³-hybridized carbons (Fsp3) is 0.360. The molecule has 6 rings (SSSR count). The molecule has 1 N–H and O–H groups in total. The summed E-state index contributed by atoms with van der Waals surface area (Å²) in [7, 11) is 1.64. The van der Waals surface area contributed by atoms with Gasteiger partial charge in [0.2, 0.25) is 6.79 Å². The highest BCUT2D eigenvalue weighted by molar-refractivity contribution is 5.83. The van der Waals surface area contributed by atoms with E-state index in [0.717, 1.165) is 31.6 Å². The number of anilines is 1. The van der Waals surface area contributed by atoms with Crippen molar-refractivity contribution in [3.63, 3.8) is 0 Å². The van der Waals surface area contributed by atoms with E-state index >= 15 is 0 Å². The number of para-hydroxylation sites is 1. The third-order valence-electron chi connectivity index (χ3n) is 6.77. The molecule has 11 nitrogen and oxygen atoms in total. The highest BCUT2D eigenvalue weighted by atomic mass is 16.7. The molecule has 4 aromatic rings. The van der Waals surface area contributed by atoms with Crippen LogP contribution in [0.2, 0.25) is 0 Å². The lowest BCUT2D eigenvalue weighted by atomic mass is 10.0. The van der Waals surface area contributed by atoms with E-state index in [-0.39, 0.29) is 12.4 Å². The number of nitrogens with zero attached hydrogens (tertiary/aromatic N) is 6. The number of tetrazole rings is 1. The molecule has 36 heavy (non-hydrogen) atoms. The van der Waals surface area contributed by atoms with Crippen LogP contribution in [0.3, 0.4) is 0 Å². The van der Waals surface area contributed by atoms with Crippen molar-refractivity contribution in [3.8, 4) is 11.5 Å². The number of H-pyrrole nitrogens is 1. The summed E-state index contributed by atoms with van der Waals surface area (Å²) in [6.07, 6.45) is 0. The summed E-state index contributed by atoms with van der Waals surface area (Å²) < 4.78 is 18.0. The number of ether oxygens (including phenoxy) is 3. The predicted molar refractivity (Wildman–Crippen MR) is 132 cm³/mol. The summed E-state index contributed by atoms with van der Waals surface area (Å²) in [4.78, 5) is 21.1. The summed E-state index contributed by atoms with van der Waals surface area (Å²) in [6, 6.07) is 15.6. The van der Waals surface area contributed by atoms with Gasteiger partial charge < -0.3 is 24.1 Å². The number of rotatable bonds is 7. The molecule has 1 fully saturated rings. The van der Waals surface area contributed by atoms with Crippen LogP contribution in [0.15, 0.2) is 53.3 Å². The summed E-state index contributed by atoms with van der Waals surface area (Å²) in [5.41, 5.74) is 2.29. The molecular weight excluding hydrogens is 462 g/mol. The maximum absolute atomic E-state index is 13.5. The van der Waals surface area contributed by atoms with E-state index in [4.69, 9.17) is 14.2 Å². The molecule has 11 heteroatoms. The molecule has 2 aliphatic rings. The third-order valence-corrected chi connectivity index (χ3v) is 6.77. The number of piperazine rings is 1. The van der Waals surface area contributed by atoms with E-state index in [9.17, 15) is 4.79 Å². The first-order chi connectivity index (χ1) is 17.7. The smallest absolute Gasteiger partial charge is 0.253 e. The van der Waals surface area contributed by atoms with Crippen molar-refractivity contribution in [3.05, 3.63) is 70.3 Å². The average molecular weight is 490 g/mol. The van der Waals surface area contributed by atoms with Crippen LogP contribution in [0.1, 0.15) is 17.4 Å². The van der Waals surface area contributed by atoms with E-state index in [1.165, 1.54) is 5.69 Å². The maximum Gasteiger partial charge on any atom is 0.253 e. The highest BCUT2D eigenvalue weighted by Gasteiger charge is 2.33. The van der Waals surface area contributed by atoms with E-state index < -0.39 is 6.04 Å². The first-order valence-electron chi connectivity index (χ1n) is 12.0. The van der Waals surface area contributed by atoms with Crippen molar-refractivity contribution in [2.24, 2.45) is 0 Å². The fourth-order valence-corrected chi connectivity index (χ4v) is 4.94. The second kappa shape index (κ2) is 9.59. The van der Waals surface area contributed by atoms with Crippen molar-refractivity contribution in [2.45, 2.75) is 12.6 Å². The van der Waals surface area contributed by atoms with Gasteiger partial charge in [0.05, 0.1) is 18.7 Å². The Morgan fingerprint density at radius 3 is 2.61 bits per heavy atom. The Morgan fingerprint density at radius 1 is 1.06 bits per heavy atom. The number of hydrogen-bond acceptors (Lipinski definition) is 9. The second-order valence-corrected chi connectivity index (χ2v) is 8.86. The first kappa shape index (κ1) is 22.5. The molecular formula is C25H27N7O4. The fourth-order valence-electron chi connectivity index (χ4n) is 4.94. The van der Waals surface area contributed by atoms with Crippen LogP contribution in [0.5, 0.6) is 11.5 Å². The molecule has 0 aliphatic carbocycles. The van der Waals surface area contributed by atoms with Crippen molar-refractivity contribution in [1.82, 2.24) is 30.1 Å². The quantitative estimate of drug-likeness (QED) is 0.415. The van der Waals surface area contributed by atoms with Crippen molar-refractivity contribution < 1.29 is 14.2 Å². The van der Waals surface area contributed by atoms with Crippen molar-refractivity contribution in [2.75, 3.05) is 51.6 Å². The monoisotopic (exact) mass is 489 g/mol. The van der Waals surface area contributed by atoms with Crippen LogP contribution in [0.25, 0.3) is 10.9 Å². The topological polar surface area (TPSA) is 111 Å². The molecule has 2 aliphatic heterocycles. The van der Waals surface area contributed by atoms with Gasteiger partial charge >= 0.3 is 0 Å². The molecule has 4 heterocycles. The van der Waals surface area contributed by atoms with Crippen molar-refractivity contribution >= 4 is 16.6 Å². The lowest BCUT2D eigenvalue weighted by Gasteiger charge is -2.39. The molecule has 2 aromatic carbocycles. The highest BCUT2D eigenvalue weighted by Crippen LogP contribution is 2.36. The molecule has 1 atom stereocenters. The van der Waals surface area contributed by atoms with Gasteiger partial charge in [-0.2, -0.15) is 0 Å². The van der Waals surface area contributed by atoms with E-state index in [2.05, 4.69) is 54.6 Å². The van der Waals surface area contributed by atoms with Gasteiger partial charge in [0.25, 0.3) is 5.56 Å². The van der Waals surface area contributed by atoms with Gasteiger partial charge in [-0.1, -0.05) is 18.2 Å². The lowest BCUT2D eigenvalue weighted by Crippen LogP contribution is -2.49. The molecule has 1 saturated heterocycles. The maximum atomic E-state index is 13.5. The molecule has 0 spiro atoms. The Morgan fingerprint density at radius 2 is 1.83 bits per heavy atom. The minimum absolute atomic E-state index is 0.172. The van der Waals surface area contributed by atoms with E-state index in [0.29, 0.717) is 41.6 Å². The van der Waals surface area contributed by atoms with Crippen LogP contribution >= 0.6 is 0 Å². The van der Waals surface area contributed by atoms with E-state index in [1.54, 1.807) is 17.9 Å². The number of hydrogen-bond donors (Lipinski definition) is 1. The number of aromatic nitrogens is 5. The van der Waals surface area contributed by atoms with Gasteiger partial charge in [0, 0.05) is 56.0 Å². The summed E-state index contributed by atoms with van der Waals surface area (Å²) in [6.45, 7) is 4.26. The molecule has 2 aromatic heterocycles. The number of aromatic amines is 1. The number of benzene rings is 2. The zero-order chi connectivity index (χ0) is 24.5. The molecule has 0 bridgehead atoms. The van der Waals surface area contributed by atoms with Crippen LogP contribution < -0.4 is 19.9 Å². The number of nitrogens with one attached hydrogen (secondary N) is 1. The van der Waals surface area contributed by atoms with Gasteiger partial charge in [0.1, 0.15) is 6.04 Å². The largest absolute Gasteiger partial charge is 0.454 e. The zero-order valence-electron chi connectivity index (χ0n) is 20.0. The van der Waals surface area contributed by atoms with Crippen LogP contribution in [0, 0.1) is 0 Å². The van der Waals surface area contributed by atoms with Gasteiger partial charge in [0.15, 0.2) is 17.3 Å². The summed E-state index contributed by atoms with van der Waals surface area (Å²) in [5.74, 6) is 1.91. The SMILES string of the molecule is COCCn1nnnc1[C@@H](c1cc2cc3c(cc2[nH]c1=O)OCO3)N1CCN(c2ccccc2)CC1. The zero-order valence-corrected chi connectivity index (χ0v) is 20.0. The Balaban J connectivity index is 1.39. The van der Waals surface area contributed by atoms with Gasteiger partial charge in [-0.15, -0.1) is 5.10 Å². The van der Waals surface area contributed by atoms with Gasteiger partial charge in [-0.05, 0) is 34.7 Å². The minimum Gasteiger partial charge on any atom is -0.454 e. The second-order valence-electron chi connectivity index (χ2n) is 8.86. The summed E-state index contributed by atoms with van der Waals surface area (Å²) in [5, 5.41) is 13.4. The average Bonchev–Trinajstić information content (AvgIpc) is 3.57. The predicted octanol–water partition coefficient (Wildman–Crippen LogP) is 1.80. The Labute approximate surface area is 207 Å². The molecule has 0 saturated carbocycles. The number of methoxy groups -OCH3 is 1. The lowest BCUT2D eigenvalue weighted by molar-refractivity contribution is 0.171. The van der Waals surface area contributed by atoms with E-state index in [1.807, 2.05) is 18.2 Å². The molecule has 186 valence electrons. The Hall–Kier alpha value is -3.96. The van der Waals surface area contributed by atoms with Crippen LogP contribution in [-0.4, -0.2) is 76.8 Å².